The monoisotopic (exact) mass is 260 g/mol. The lowest BCUT2D eigenvalue weighted by molar-refractivity contribution is 0.453. The minimum Gasteiger partial charge on any atom is -0.444 e. The Balaban J connectivity index is 2.18. The topological polar surface area (TPSA) is 63.8 Å². The predicted octanol–water partition coefficient (Wildman–Crippen LogP) is 3.38. The molecule has 0 aliphatic heterocycles. The van der Waals surface area contributed by atoms with Gasteiger partial charge >= 0.3 is 0 Å². The van der Waals surface area contributed by atoms with E-state index in [1.54, 1.807) is 6.20 Å². The van der Waals surface area contributed by atoms with Crippen LogP contribution in [-0.2, 0) is 0 Å². The molecule has 1 N–H and O–H groups in total. The standard InChI is InChI=1S/C14H20N4O/c1-8(2)12-6-9(3)16-14(18-12)17-11(5)13-15-7-10(4)19-13/h6-8,11H,1-5H3,(H,16,17,18). The van der Waals surface area contributed by atoms with Crippen LogP contribution < -0.4 is 5.32 Å². The van der Waals surface area contributed by atoms with Crippen molar-refractivity contribution in [1.82, 2.24) is 15.0 Å². The van der Waals surface area contributed by atoms with Crippen molar-refractivity contribution >= 4 is 5.95 Å². The van der Waals surface area contributed by atoms with Gasteiger partial charge in [0.2, 0.25) is 11.8 Å². The van der Waals surface area contributed by atoms with Gasteiger partial charge in [0.1, 0.15) is 11.8 Å². The number of nitrogens with one attached hydrogen (secondary N) is 1. The van der Waals surface area contributed by atoms with Crippen molar-refractivity contribution in [2.45, 2.75) is 46.6 Å². The lowest BCUT2D eigenvalue weighted by atomic mass is 10.1. The molecule has 2 heterocycles. The van der Waals surface area contributed by atoms with Crippen molar-refractivity contribution in [3.8, 4) is 0 Å². The third-order valence-electron chi connectivity index (χ3n) is 2.82. The molecule has 1 unspecified atom stereocenters. The highest BCUT2D eigenvalue weighted by Crippen LogP contribution is 2.19. The van der Waals surface area contributed by atoms with Crippen LogP contribution in [0.25, 0.3) is 0 Å². The number of aryl methyl sites for hydroxylation is 2. The van der Waals surface area contributed by atoms with Crippen molar-refractivity contribution in [2.24, 2.45) is 0 Å². The highest BCUT2D eigenvalue weighted by atomic mass is 16.4. The van der Waals surface area contributed by atoms with Crippen molar-refractivity contribution in [3.05, 3.63) is 35.3 Å². The molecule has 0 spiro atoms. The fourth-order valence-electron chi connectivity index (χ4n) is 1.78. The lowest BCUT2D eigenvalue weighted by Crippen LogP contribution is -2.11. The van der Waals surface area contributed by atoms with Gasteiger partial charge in [-0.3, -0.25) is 0 Å². The summed E-state index contributed by atoms with van der Waals surface area (Å²) < 4.78 is 5.50. The van der Waals surface area contributed by atoms with E-state index < -0.39 is 0 Å². The van der Waals surface area contributed by atoms with Gasteiger partial charge in [-0.25, -0.2) is 15.0 Å². The summed E-state index contributed by atoms with van der Waals surface area (Å²) in [5, 5.41) is 3.23. The largest absolute Gasteiger partial charge is 0.444 e. The second kappa shape index (κ2) is 5.38. The van der Waals surface area contributed by atoms with E-state index in [0.29, 0.717) is 17.8 Å². The molecule has 19 heavy (non-hydrogen) atoms. The van der Waals surface area contributed by atoms with E-state index in [2.05, 4.69) is 34.1 Å². The van der Waals surface area contributed by atoms with Crippen molar-refractivity contribution in [2.75, 3.05) is 5.32 Å². The Labute approximate surface area is 113 Å². The number of hydrogen-bond acceptors (Lipinski definition) is 5. The molecule has 0 radical (unpaired) electrons. The van der Waals surface area contributed by atoms with E-state index in [1.807, 2.05) is 26.8 Å². The van der Waals surface area contributed by atoms with Crippen molar-refractivity contribution in [1.29, 1.82) is 0 Å². The number of anilines is 1. The Hall–Kier alpha value is -1.91. The summed E-state index contributed by atoms with van der Waals surface area (Å²) in [6.07, 6.45) is 1.71. The molecular weight excluding hydrogens is 240 g/mol. The van der Waals surface area contributed by atoms with Gasteiger partial charge in [-0.15, -0.1) is 0 Å². The zero-order chi connectivity index (χ0) is 14.0. The van der Waals surface area contributed by atoms with Crippen LogP contribution in [0.1, 0.15) is 55.8 Å². The van der Waals surface area contributed by atoms with Gasteiger partial charge in [-0.2, -0.15) is 0 Å². The first-order chi connectivity index (χ1) is 8.95. The summed E-state index contributed by atoms with van der Waals surface area (Å²) in [7, 11) is 0. The third kappa shape index (κ3) is 3.30. The fourth-order valence-corrected chi connectivity index (χ4v) is 1.78. The second-order valence-corrected chi connectivity index (χ2v) is 5.09. The molecule has 0 amide bonds. The number of hydrogen-bond donors (Lipinski definition) is 1. The first-order valence-electron chi connectivity index (χ1n) is 6.50. The van der Waals surface area contributed by atoms with Gasteiger partial charge in [0.15, 0.2) is 0 Å². The summed E-state index contributed by atoms with van der Waals surface area (Å²) >= 11 is 0. The lowest BCUT2D eigenvalue weighted by Gasteiger charge is -2.13. The Kier molecular flexibility index (Phi) is 3.83. The van der Waals surface area contributed by atoms with Crippen molar-refractivity contribution < 1.29 is 4.42 Å². The molecule has 0 aliphatic rings. The number of rotatable bonds is 4. The van der Waals surface area contributed by atoms with Gasteiger partial charge < -0.3 is 9.73 Å². The number of aromatic nitrogens is 3. The molecule has 5 nitrogen and oxygen atoms in total. The minimum absolute atomic E-state index is 0.0597. The molecule has 2 aromatic rings. The van der Waals surface area contributed by atoms with Crippen LogP contribution in [0.2, 0.25) is 0 Å². The fraction of sp³-hybridized carbons (Fsp3) is 0.500. The zero-order valence-corrected chi connectivity index (χ0v) is 12.1. The van der Waals surface area contributed by atoms with Gasteiger partial charge in [0, 0.05) is 11.4 Å². The molecular formula is C14H20N4O. The molecule has 0 saturated heterocycles. The maximum Gasteiger partial charge on any atom is 0.223 e. The average molecular weight is 260 g/mol. The molecule has 2 rings (SSSR count). The molecule has 0 aliphatic carbocycles. The SMILES string of the molecule is Cc1cc(C(C)C)nc(NC(C)c2ncc(C)o2)n1. The van der Waals surface area contributed by atoms with Gasteiger partial charge in [-0.05, 0) is 32.8 Å². The third-order valence-corrected chi connectivity index (χ3v) is 2.82. The van der Waals surface area contributed by atoms with Crippen LogP contribution in [0.4, 0.5) is 5.95 Å². The van der Waals surface area contributed by atoms with Gasteiger partial charge in [0.05, 0.1) is 6.20 Å². The maximum atomic E-state index is 5.50. The van der Waals surface area contributed by atoms with E-state index in [1.165, 1.54) is 0 Å². The van der Waals surface area contributed by atoms with E-state index in [9.17, 15) is 0 Å². The summed E-state index contributed by atoms with van der Waals surface area (Å²) in [4.78, 5) is 13.1. The molecule has 0 aromatic carbocycles. The average Bonchev–Trinajstić information content (AvgIpc) is 2.75. The van der Waals surface area contributed by atoms with E-state index >= 15 is 0 Å². The Morgan fingerprint density at radius 1 is 1.16 bits per heavy atom. The molecule has 0 saturated carbocycles. The number of oxazole rings is 1. The molecule has 102 valence electrons. The van der Waals surface area contributed by atoms with E-state index in [-0.39, 0.29) is 6.04 Å². The molecule has 2 aromatic heterocycles. The first kappa shape index (κ1) is 13.5. The molecule has 5 heteroatoms. The van der Waals surface area contributed by atoms with Crippen LogP contribution in [0.3, 0.4) is 0 Å². The predicted molar refractivity (Wildman–Crippen MR) is 74.1 cm³/mol. The molecule has 0 bridgehead atoms. The van der Waals surface area contributed by atoms with Crippen molar-refractivity contribution in [3.63, 3.8) is 0 Å². The summed E-state index contributed by atoms with van der Waals surface area (Å²) in [5.41, 5.74) is 1.99. The van der Waals surface area contributed by atoms with Crippen LogP contribution in [0.15, 0.2) is 16.7 Å². The van der Waals surface area contributed by atoms with Crippen LogP contribution in [0, 0.1) is 13.8 Å². The summed E-state index contributed by atoms with van der Waals surface area (Å²) in [6.45, 7) is 10.1. The number of nitrogens with zero attached hydrogens (tertiary/aromatic N) is 3. The zero-order valence-electron chi connectivity index (χ0n) is 12.1. The van der Waals surface area contributed by atoms with Crippen LogP contribution >= 0.6 is 0 Å². The van der Waals surface area contributed by atoms with E-state index in [4.69, 9.17) is 4.42 Å². The van der Waals surface area contributed by atoms with Gasteiger partial charge in [0.25, 0.3) is 0 Å². The Morgan fingerprint density at radius 3 is 2.47 bits per heavy atom. The molecule has 0 fully saturated rings. The highest BCUT2D eigenvalue weighted by molar-refractivity contribution is 5.31. The summed E-state index contributed by atoms with van der Waals surface area (Å²) in [6, 6.07) is 1.95. The van der Waals surface area contributed by atoms with E-state index in [0.717, 1.165) is 17.1 Å². The first-order valence-corrected chi connectivity index (χ1v) is 6.50. The second-order valence-electron chi connectivity index (χ2n) is 5.09. The smallest absolute Gasteiger partial charge is 0.223 e. The van der Waals surface area contributed by atoms with Gasteiger partial charge in [-0.1, -0.05) is 13.8 Å². The highest BCUT2D eigenvalue weighted by Gasteiger charge is 2.13. The van der Waals surface area contributed by atoms with Crippen LogP contribution in [0.5, 0.6) is 0 Å². The normalized spacial score (nSPS) is 12.7. The quantitative estimate of drug-likeness (QED) is 0.913. The summed E-state index contributed by atoms with van der Waals surface area (Å²) in [5.74, 6) is 2.44. The maximum absolute atomic E-state index is 5.50. The Bertz CT molecular complexity index is 562. The Morgan fingerprint density at radius 2 is 1.89 bits per heavy atom. The molecule has 1 atom stereocenters. The minimum atomic E-state index is -0.0597. The van der Waals surface area contributed by atoms with Crippen LogP contribution in [-0.4, -0.2) is 15.0 Å².